The number of aromatic nitrogens is 2. The fourth-order valence-electron chi connectivity index (χ4n) is 3.95. The van der Waals surface area contributed by atoms with E-state index < -0.39 is 0 Å². The molecule has 3 aromatic rings. The number of phenols is 1. The number of fused-ring (bicyclic) bond motifs is 1. The molecule has 0 radical (unpaired) electrons. The molecule has 2 aliphatic heterocycles. The van der Waals surface area contributed by atoms with Gasteiger partial charge in [-0.3, -0.25) is 0 Å². The topological polar surface area (TPSA) is 61.7 Å². The Morgan fingerprint density at radius 1 is 0.966 bits per heavy atom. The second-order valence-electron chi connectivity index (χ2n) is 7.18. The van der Waals surface area contributed by atoms with Crippen LogP contribution in [0.3, 0.4) is 0 Å². The van der Waals surface area contributed by atoms with Crippen molar-refractivity contribution in [1.82, 2.24) is 9.97 Å². The molecule has 2 aromatic carbocycles. The van der Waals surface area contributed by atoms with E-state index in [1.807, 2.05) is 36.4 Å². The van der Waals surface area contributed by atoms with Gasteiger partial charge in [0.05, 0.1) is 29.6 Å². The second-order valence-corrected chi connectivity index (χ2v) is 7.58. The molecule has 0 bridgehead atoms. The van der Waals surface area contributed by atoms with E-state index >= 15 is 0 Å². The van der Waals surface area contributed by atoms with Gasteiger partial charge >= 0.3 is 0 Å². The van der Waals surface area contributed by atoms with Crippen LogP contribution in [0.5, 0.6) is 5.75 Å². The summed E-state index contributed by atoms with van der Waals surface area (Å²) >= 11 is 6.49. The molecule has 1 fully saturated rings. The number of aromatic hydroxyl groups is 1. The van der Waals surface area contributed by atoms with E-state index in [0.717, 1.165) is 54.4 Å². The average molecular weight is 409 g/mol. The maximum Gasteiger partial charge on any atom is 0.228 e. The van der Waals surface area contributed by atoms with E-state index in [1.165, 1.54) is 0 Å². The molecule has 1 aromatic heterocycles. The predicted octanol–water partition coefficient (Wildman–Crippen LogP) is 4.03. The molecular weight excluding hydrogens is 388 g/mol. The lowest BCUT2D eigenvalue weighted by Crippen LogP contribution is -2.37. The van der Waals surface area contributed by atoms with Crippen LogP contribution in [0.1, 0.15) is 5.56 Å². The highest BCUT2D eigenvalue weighted by Gasteiger charge is 2.30. The molecule has 0 unspecified atom stereocenters. The van der Waals surface area contributed by atoms with Crippen LogP contribution < -0.4 is 9.80 Å². The molecule has 148 valence electrons. The van der Waals surface area contributed by atoms with Gasteiger partial charge in [0.2, 0.25) is 5.95 Å². The molecule has 0 amide bonds. The minimum Gasteiger partial charge on any atom is -0.508 e. The van der Waals surface area contributed by atoms with Gasteiger partial charge in [-0.05, 0) is 30.7 Å². The lowest BCUT2D eigenvalue weighted by Gasteiger charge is -2.28. The molecule has 0 spiro atoms. The zero-order valence-electron chi connectivity index (χ0n) is 15.9. The Bertz CT molecular complexity index is 1050. The van der Waals surface area contributed by atoms with Gasteiger partial charge in [-0.25, -0.2) is 4.98 Å². The first-order chi connectivity index (χ1) is 14.2. The summed E-state index contributed by atoms with van der Waals surface area (Å²) in [5.74, 6) is 1.79. The van der Waals surface area contributed by atoms with Gasteiger partial charge in [0.15, 0.2) is 0 Å². The normalized spacial score (nSPS) is 16.2. The average Bonchev–Trinajstić information content (AvgIpc) is 3.18. The lowest BCUT2D eigenvalue weighted by molar-refractivity contribution is 0.122. The van der Waals surface area contributed by atoms with Gasteiger partial charge in [0, 0.05) is 30.8 Å². The Kier molecular flexibility index (Phi) is 4.73. The summed E-state index contributed by atoms with van der Waals surface area (Å²) in [5, 5.41) is 10.7. The number of para-hydroxylation sites is 1. The molecule has 0 aliphatic carbocycles. The highest BCUT2D eigenvalue weighted by atomic mass is 35.5. The van der Waals surface area contributed by atoms with Crippen molar-refractivity contribution in [2.75, 3.05) is 42.6 Å². The largest absolute Gasteiger partial charge is 0.508 e. The zero-order chi connectivity index (χ0) is 19.8. The summed E-state index contributed by atoms with van der Waals surface area (Å²) in [6, 6.07) is 15.1. The van der Waals surface area contributed by atoms with Crippen LogP contribution >= 0.6 is 11.6 Å². The Morgan fingerprint density at radius 2 is 1.79 bits per heavy atom. The van der Waals surface area contributed by atoms with Crippen molar-refractivity contribution in [3.63, 3.8) is 0 Å². The molecule has 1 saturated heterocycles. The third-order valence-corrected chi connectivity index (χ3v) is 5.69. The van der Waals surface area contributed by atoms with Crippen molar-refractivity contribution in [2.45, 2.75) is 6.42 Å². The molecule has 29 heavy (non-hydrogen) atoms. The number of hydrogen-bond donors (Lipinski definition) is 1. The second kappa shape index (κ2) is 7.54. The Hall–Kier alpha value is -2.83. The van der Waals surface area contributed by atoms with Crippen molar-refractivity contribution in [3.8, 4) is 17.0 Å². The van der Waals surface area contributed by atoms with Gasteiger partial charge in [-0.1, -0.05) is 35.9 Å². The summed E-state index contributed by atoms with van der Waals surface area (Å²) in [5.41, 5.74) is 3.77. The minimum atomic E-state index is 0.226. The number of ether oxygens (including phenoxy) is 1. The van der Waals surface area contributed by atoms with Crippen LogP contribution in [0.25, 0.3) is 11.3 Å². The minimum absolute atomic E-state index is 0.226. The number of benzene rings is 2. The third kappa shape index (κ3) is 3.39. The van der Waals surface area contributed by atoms with Gasteiger partial charge in [0.1, 0.15) is 11.6 Å². The van der Waals surface area contributed by atoms with Crippen LogP contribution in [0, 0.1) is 0 Å². The van der Waals surface area contributed by atoms with Crippen LogP contribution in [-0.4, -0.2) is 47.9 Å². The molecule has 3 heterocycles. The van der Waals surface area contributed by atoms with Gasteiger partial charge in [0.25, 0.3) is 0 Å². The van der Waals surface area contributed by atoms with Crippen molar-refractivity contribution in [1.29, 1.82) is 0 Å². The van der Waals surface area contributed by atoms with E-state index in [0.29, 0.717) is 24.2 Å². The summed E-state index contributed by atoms with van der Waals surface area (Å²) < 4.78 is 5.49. The zero-order valence-corrected chi connectivity index (χ0v) is 16.6. The third-order valence-electron chi connectivity index (χ3n) is 5.37. The van der Waals surface area contributed by atoms with Gasteiger partial charge in [-0.15, -0.1) is 0 Å². The maximum atomic E-state index is 10.0. The van der Waals surface area contributed by atoms with E-state index in [-0.39, 0.29) is 5.75 Å². The predicted molar refractivity (Wildman–Crippen MR) is 114 cm³/mol. The van der Waals surface area contributed by atoms with Crippen molar-refractivity contribution in [2.24, 2.45) is 0 Å². The first-order valence-corrected chi connectivity index (χ1v) is 10.1. The Balaban J connectivity index is 1.67. The van der Waals surface area contributed by atoms with Crippen LogP contribution in [0.2, 0.25) is 5.02 Å². The maximum absolute atomic E-state index is 10.0. The molecule has 0 saturated carbocycles. The molecule has 2 aliphatic rings. The fraction of sp³-hybridized carbons (Fsp3) is 0.273. The van der Waals surface area contributed by atoms with Crippen LogP contribution in [0.4, 0.5) is 17.5 Å². The number of anilines is 3. The SMILES string of the molecule is Oc1cccc(-c2nc(N3CCOCC3)nc3c2CCN3c2ccccc2Cl)c1. The fourth-order valence-corrected chi connectivity index (χ4v) is 4.18. The lowest BCUT2D eigenvalue weighted by atomic mass is 10.1. The van der Waals surface area contributed by atoms with Crippen LogP contribution in [-0.2, 0) is 11.2 Å². The molecule has 5 rings (SSSR count). The first-order valence-electron chi connectivity index (χ1n) is 9.76. The van der Waals surface area contributed by atoms with Gasteiger partial charge < -0.3 is 19.6 Å². The molecule has 7 heteroatoms. The number of morpholine rings is 1. The summed E-state index contributed by atoms with van der Waals surface area (Å²) in [6.45, 7) is 3.62. The number of nitrogens with zero attached hydrogens (tertiary/aromatic N) is 4. The summed E-state index contributed by atoms with van der Waals surface area (Å²) in [6.07, 6.45) is 0.814. The Morgan fingerprint density at radius 3 is 2.59 bits per heavy atom. The first kappa shape index (κ1) is 18.2. The number of phenolic OH excluding ortho intramolecular Hbond substituents is 1. The standard InChI is InChI=1S/C22H21ClN4O2/c23-18-6-1-2-7-19(18)27-9-8-17-20(15-4-3-5-16(28)14-15)24-22(25-21(17)27)26-10-12-29-13-11-26/h1-7,14,28H,8-13H2. The number of halogens is 1. The number of rotatable bonds is 3. The molecule has 6 nitrogen and oxygen atoms in total. The van der Waals surface area contributed by atoms with E-state index in [2.05, 4.69) is 9.80 Å². The summed E-state index contributed by atoms with van der Waals surface area (Å²) in [4.78, 5) is 14.2. The van der Waals surface area contributed by atoms with E-state index in [1.54, 1.807) is 12.1 Å². The van der Waals surface area contributed by atoms with Crippen molar-refractivity contribution < 1.29 is 9.84 Å². The molecular formula is C22H21ClN4O2. The smallest absolute Gasteiger partial charge is 0.228 e. The summed E-state index contributed by atoms with van der Waals surface area (Å²) in [7, 11) is 0. The highest BCUT2D eigenvalue weighted by Crippen LogP contribution is 2.41. The molecule has 1 N–H and O–H groups in total. The quantitative estimate of drug-likeness (QED) is 0.705. The van der Waals surface area contributed by atoms with Crippen molar-refractivity contribution >= 4 is 29.1 Å². The Labute approximate surface area is 174 Å². The number of hydrogen-bond acceptors (Lipinski definition) is 6. The van der Waals surface area contributed by atoms with Gasteiger partial charge in [-0.2, -0.15) is 4.98 Å². The van der Waals surface area contributed by atoms with Crippen molar-refractivity contribution in [3.05, 3.63) is 59.1 Å². The highest BCUT2D eigenvalue weighted by molar-refractivity contribution is 6.33. The van der Waals surface area contributed by atoms with Crippen LogP contribution in [0.15, 0.2) is 48.5 Å². The van der Waals surface area contributed by atoms with E-state index in [4.69, 9.17) is 26.3 Å². The monoisotopic (exact) mass is 408 g/mol. The molecule has 0 atom stereocenters. The van der Waals surface area contributed by atoms with E-state index in [9.17, 15) is 5.11 Å².